The van der Waals surface area contributed by atoms with Crippen molar-refractivity contribution < 1.29 is 33.4 Å². The van der Waals surface area contributed by atoms with Crippen LogP contribution in [0.4, 0.5) is 8.78 Å². The molecule has 1 heterocycles. The number of alkyl halides is 2. The van der Waals surface area contributed by atoms with Crippen LogP contribution in [0.3, 0.4) is 0 Å². The normalized spacial score (nSPS) is 20.1. The van der Waals surface area contributed by atoms with Crippen LogP contribution in [0.1, 0.15) is 90.0 Å². The minimum absolute atomic E-state index is 0.0951. The molecule has 1 aromatic carbocycles. The van der Waals surface area contributed by atoms with E-state index < -0.39 is 47.9 Å². The standard InChI is InChI=1S/C38H60F2N4O5/c1-5-12-31(37(49)42-32(25-29-15-10-7-11-16-29)35(47)33(45)23-27(2)3)41-36(48)30(24-28-13-8-6-9-14-28)26-34(46)43(4)21-22-44-19-17-38(39,40)18-20-44/h5-6,8-9,13-14,27,29-33,35,45,47H,1,7,10-12,15-26H2,2-4H3,(H,41,48)(H,42,49)/t30?,31-,32?,33-,35?/m0/s1. The van der Waals surface area contributed by atoms with Gasteiger partial charge >= 0.3 is 0 Å². The highest BCUT2D eigenvalue weighted by molar-refractivity contribution is 5.91. The van der Waals surface area contributed by atoms with Gasteiger partial charge in [-0.15, -0.1) is 6.58 Å². The van der Waals surface area contributed by atoms with Crippen molar-refractivity contribution in [2.45, 2.75) is 121 Å². The van der Waals surface area contributed by atoms with Crippen LogP contribution in [0.2, 0.25) is 0 Å². The van der Waals surface area contributed by atoms with E-state index in [1.54, 1.807) is 13.1 Å². The quantitative estimate of drug-likeness (QED) is 0.156. The summed E-state index contributed by atoms with van der Waals surface area (Å²) in [6.45, 7) is 9.07. The largest absolute Gasteiger partial charge is 0.390 e. The Kier molecular flexibility index (Phi) is 16.6. The Morgan fingerprint density at radius 2 is 1.69 bits per heavy atom. The maximum absolute atomic E-state index is 13.9. The molecule has 49 heavy (non-hydrogen) atoms. The number of rotatable bonds is 19. The van der Waals surface area contributed by atoms with Gasteiger partial charge in [-0.05, 0) is 43.1 Å². The summed E-state index contributed by atoms with van der Waals surface area (Å²) in [5.41, 5.74) is 0.867. The summed E-state index contributed by atoms with van der Waals surface area (Å²) in [6, 6.07) is 7.68. The van der Waals surface area contributed by atoms with E-state index in [1.165, 1.54) is 11.3 Å². The summed E-state index contributed by atoms with van der Waals surface area (Å²) in [4.78, 5) is 44.5. The Bertz CT molecular complexity index is 1170. The summed E-state index contributed by atoms with van der Waals surface area (Å²) in [5.74, 6) is -4.11. The van der Waals surface area contributed by atoms with Gasteiger partial charge in [0.25, 0.3) is 5.92 Å². The first-order valence-corrected chi connectivity index (χ1v) is 18.2. The van der Waals surface area contributed by atoms with Crippen LogP contribution in [0, 0.1) is 17.8 Å². The third-order valence-corrected chi connectivity index (χ3v) is 10.1. The van der Waals surface area contributed by atoms with Crippen molar-refractivity contribution in [3.63, 3.8) is 0 Å². The summed E-state index contributed by atoms with van der Waals surface area (Å²) >= 11 is 0. The van der Waals surface area contributed by atoms with Gasteiger partial charge in [0.2, 0.25) is 17.7 Å². The maximum atomic E-state index is 13.9. The summed E-state index contributed by atoms with van der Waals surface area (Å²) < 4.78 is 27.2. The molecular formula is C38H60F2N4O5. The molecule has 276 valence electrons. The highest BCUT2D eigenvalue weighted by atomic mass is 19.3. The van der Waals surface area contributed by atoms with Crippen molar-refractivity contribution in [1.29, 1.82) is 0 Å². The summed E-state index contributed by atoms with van der Waals surface area (Å²) in [5, 5.41) is 27.8. The zero-order valence-electron chi connectivity index (χ0n) is 29.8. The molecule has 3 unspecified atom stereocenters. The van der Waals surface area contributed by atoms with Gasteiger partial charge in [-0.3, -0.25) is 14.4 Å². The topological polar surface area (TPSA) is 122 Å². The highest BCUT2D eigenvalue weighted by Gasteiger charge is 2.35. The number of likely N-dealkylation sites (tertiary alicyclic amines) is 1. The number of carbonyl (C=O) groups is 3. The van der Waals surface area contributed by atoms with E-state index >= 15 is 0 Å². The molecule has 9 nitrogen and oxygen atoms in total. The van der Waals surface area contributed by atoms with Crippen LogP contribution in [0.15, 0.2) is 43.0 Å². The van der Waals surface area contributed by atoms with Crippen LogP contribution in [0.25, 0.3) is 0 Å². The molecule has 1 aliphatic carbocycles. The Balaban J connectivity index is 1.70. The fourth-order valence-corrected chi connectivity index (χ4v) is 6.97. The molecule has 1 saturated carbocycles. The van der Waals surface area contributed by atoms with E-state index in [0.29, 0.717) is 31.8 Å². The number of hydrogen-bond donors (Lipinski definition) is 4. The van der Waals surface area contributed by atoms with Gasteiger partial charge < -0.3 is 30.6 Å². The zero-order valence-corrected chi connectivity index (χ0v) is 29.8. The Hall–Kier alpha value is -2.89. The smallest absolute Gasteiger partial charge is 0.250 e. The molecule has 3 rings (SSSR count). The first kappa shape index (κ1) is 40.5. The van der Waals surface area contributed by atoms with Crippen molar-refractivity contribution in [3.05, 3.63) is 48.6 Å². The molecular weight excluding hydrogens is 630 g/mol. The molecule has 1 aliphatic heterocycles. The molecule has 1 aromatic rings. The first-order chi connectivity index (χ1) is 23.3. The minimum atomic E-state index is -2.64. The number of halogens is 2. The molecule has 5 atom stereocenters. The number of aliphatic hydroxyl groups is 2. The van der Waals surface area contributed by atoms with Gasteiger partial charge in [-0.1, -0.05) is 82.4 Å². The number of likely N-dealkylation sites (N-methyl/N-ethyl adjacent to an activating group) is 1. The minimum Gasteiger partial charge on any atom is -0.390 e. The molecule has 0 aromatic heterocycles. The van der Waals surface area contributed by atoms with Gasteiger partial charge in [0.1, 0.15) is 12.1 Å². The van der Waals surface area contributed by atoms with E-state index in [4.69, 9.17) is 0 Å². The van der Waals surface area contributed by atoms with Crippen molar-refractivity contribution in [1.82, 2.24) is 20.4 Å². The van der Waals surface area contributed by atoms with Gasteiger partial charge in [0.15, 0.2) is 0 Å². The number of benzene rings is 1. The Morgan fingerprint density at radius 1 is 1.04 bits per heavy atom. The molecule has 1 saturated heterocycles. The van der Waals surface area contributed by atoms with E-state index in [2.05, 4.69) is 17.2 Å². The SMILES string of the molecule is C=CC[C@H](NC(=O)C(CC(=O)N(C)CCN1CCC(F)(F)CC1)Cc1ccccc1)C(=O)NC(CC1CCCCC1)C(O)[C@@H](O)CC(C)C. The van der Waals surface area contributed by atoms with E-state index in [0.717, 1.165) is 31.2 Å². The molecule has 2 aliphatic rings. The van der Waals surface area contributed by atoms with Gasteiger partial charge in [0.05, 0.1) is 18.1 Å². The number of piperidine rings is 1. The van der Waals surface area contributed by atoms with Gasteiger partial charge in [0, 0.05) is 52.5 Å². The second kappa shape index (κ2) is 20.1. The molecule has 0 radical (unpaired) electrons. The molecule has 0 spiro atoms. The van der Waals surface area contributed by atoms with Crippen molar-refractivity contribution in [3.8, 4) is 0 Å². The van der Waals surface area contributed by atoms with E-state index in [9.17, 15) is 33.4 Å². The van der Waals surface area contributed by atoms with Crippen LogP contribution in [0.5, 0.6) is 0 Å². The number of carbonyl (C=O) groups excluding carboxylic acids is 3. The lowest BCUT2D eigenvalue weighted by Gasteiger charge is -2.34. The lowest BCUT2D eigenvalue weighted by Crippen LogP contribution is -2.56. The lowest BCUT2D eigenvalue weighted by atomic mass is 9.82. The number of hydrogen-bond acceptors (Lipinski definition) is 6. The number of nitrogens with zero attached hydrogens (tertiary/aromatic N) is 2. The predicted octanol–water partition coefficient (Wildman–Crippen LogP) is 4.71. The molecule has 4 N–H and O–H groups in total. The van der Waals surface area contributed by atoms with Crippen LogP contribution >= 0.6 is 0 Å². The second-order valence-corrected chi connectivity index (χ2v) is 14.7. The Labute approximate surface area is 291 Å². The predicted molar refractivity (Wildman–Crippen MR) is 188 cm³/mol. The van der Waals surface area contributed by atoms with Crippen LogP contribution in [-0.2, 0) is 20.8 Å². The van der Waals surface area contributed by atoms with Crippen molar-refractivity contribution in [2.75, 3.05) is 33.2 Å². The fourth-order valence-electron chi connectivity index (χ4n) is 6.97. The number of nitrogens with one attached hydrogen (secondary N) is 2. The van der Waals surface area contributed by atoms with Gasteiger partial charge in [-0.25, -0.2) is 8.78 Å². The third-order valence-electron chi connectivity index (χ3n) is 10.1. The third kappa shape index (κ3) is 14.1. The zero-order chi connectivity index (χ0) is 36.0. The Morgan fingerprint density at radius 3 is 2.31 bits per heavy atom. The monoisotopic (exact) mass is 690 g/mol. The van der Waals surface area contributed by atoms with Crippen LogP contribution in [-0.4, -0.2) is 101 Å². The number of aliphatic hydroxyl groups excluding tert-OH is 2. The van der Waals surface area contributed by atoms with Crippen LogP contribution < -0.4 is 10.6 Å². The average molecular weight is 691 g/mol. The van der Waals surface area contributed by atoms with E-state index in [-0.39, 0.29) is 57.0 Å². The fraction of sp³-hybridized carbons (Fsp3) is 0.711. The molecule has 0 bridgehead atoms. The second-order valence-electron chi connectivity index (χ2n) is 14.7. The molecule has 3 amide bonds. The van der Waals surface area contributed by atoms with E-state index in [1.807, 2.05) is 49.1 Å². The average Bonchev–Trinajstić information content (AvgIpc) is 3.07. The summed E-state index contributed by atoms with van der Waals surface area (Å²) in [7, 11) is 1.65. The maximum Gasteiger partial charge on any atom is 0.250 e. The molecule has 2 fully saturated rings. The lowest BCUT2D eigenvalue weighted by molar-refractivity contribution is -0.137. The first-order valence-electron chi connectivity index (χ1n) is 18.2. The molecule has 11 heteroatoms. The summed E-state index contributed by atoms with van der Waals surface area (Å²) in [6.07, 6.45) is 5.62. The van der Waals surface area contributed by atoms with Crippen molar-refractivity contribution >= 4 is 17.7 Å². The number of amides is 3. The van der Waals surface area contributed by atoms with Crippen molar-refractivity contribution in [2.24, 2.45) is 17.8 Å². The highest BCUT2D eigenvalue weighted by Crippen LogP contribution is 2.29. The van der Waals surface area contributed by atoms with Gasteiger partial charge in [-0.2, -0.15) is 0 Å².